The Kier molecular flexibility index (Phi) is 6.15. The standard InChI is InChI=1S/C26H27N5O2S/c1-17(2)31-24-21(16-28-31)20(14-22(29-24)23-6-5-13-34-23)25(32)27-15-18-7-9-19(10-8-18)26(33)30-11-3-4-12-30/h5-10,13-14,16-17H,3-4,11-12,15H2,1-2H3,(H,27,32). The van der Waals surface area contributed by atoms with Crippen molar-refractivity contribution in [2.75, 3.05) is 13.1 Å². The molecule has 0 unspecified atom stereocenters. The van der Waals surface area contributed by atoms with Crippen LogP contribution in [0.2, 0.25) is 0 Å². The first-order valence-corrected chi connectivity index (χ1v) is 12.5. The van der Waals surface area contributed by atoms with Gasteiger partial charge in [0, 0.05) is 31.2 Å². The molecule has 0 aliphatic carbocycles. The number of thiophene rings is 1. The van der Waals surface area contributed by atoms with Crippen molar-refractivity contribution >= 4 is 34.2 Å². The number of fused-ring (bicyclic) bond motifs is 1. The topological polar surface area (TPSA) is 80.1 Å². The third kappa shape index (κ3) is 4.33. The quantitative estimate of drug-likeness (QED) is 0.432. The van der Waals surface area contributed by atoms with Crippen LogP contribution in [0.5, 0.6) is 0 Å². The maximum atomic E-state index is 13.2. The molecule has 0 radical (unpaired) electrons. The van der Waals surface area contributed by atoms with Gasteiger partial charge in [-0.05, 0) is 61.9 Å². The Morgan fingerprint density at radius 2 is 1.88 bits per heavy atom. The molecule has 34 heavy (non-hydrogen) atoms. The summed E-state index contributed by atoms with van der Waals surface area (Å²) in [6.45, 7) is 6.12. The zero-order valence-electron chi connectivity index (χ0n) is 19.3. The number of hydrogen-bond donors (Lipinski definition) is 1. The summed E-state index contributed by atoms with van der Waals surface area (Å²) in [5.41, 5.74) is 3.65. The molecule has 3 aromatic heterocycles. The maximum absolute atomic E-state index is 13.2. The third-order valence-electron chi connectivity index (χ3n) is 6.12. The summed E-state index contributed by atoms with van der Waals surface area (Å²) < 4.78 is 1.85. The molecule has 0 spiro atoms. The van der Waals surface area contributed by atoms with Gasteiger partial charge in [-0.2, -0.15) is 5.10 Å². The zero-order chi connectivity index (χ0) is 23.7. The lowest BCUT2D eigenvalue weighted by atomic mass is 10.1. The number of rotatable bonds is 6. The minimum Gasteiger partial charge on any atom is -0.348 e. The van der Waals surface area contributed by atoms with Crippen LogP contribution in [-0.4, -0.2) is 44.6 Å². The molecule has 0 bridgehead atoms. The molecule has 1 fully saturated rings. The van der Waals surface area contributed by atoms with Crippen LogP contribution in [0.25, 0.3) is 21.6 Å². The number of benzene rings is 1. The lowest BCUT2D eigenvalue weighted by Crippen LogP contribution is -2.27. The molecule has 5 rings (SSSR count). The largest absolute Gasteiger partial charge is 0.348 e. The number of carbonyl (C=O) groups is 2. The van der Waals surface area contributed by atoms with Gasteiger partial charge in [0.05, 0.1) is 27.7 Å². The molecular formula is C26H27N5O2S. The highest BCUT2D eigenvalue weighted by Gasteiger charge is 2.20. The molecule has 0 atom stereocenters. The second-order valence-corrected chi connectivity index (χ2v) is 9.78. The second-order valence-electron chi connectivity index (χ2n) is 8.83. The summed E-state index contributed by atoms with van der Waals surface area (Å²) in [6.07, 6.45) is 3.86. The van der Waals surface area contributed by atoms with Gasteiger partial charge in [0.15, 0.2) is 5.65 Å². The van der Waals surface area contributed by atoms with Crippen molar-refractivity contribution in [3.05, 3.63) is 70.7 Å². The zero-order valence-corrected chi connectivity index (χ0v) is 20.1. The highest BCUT2D eigenvalue weighted by molar-refractivity contribution is 7.13. The molecule has 4 aromatic rings. The van der Waals surface area contributed by atoms with Crippen molar-refractivity contribution in [2.24, 2.45) is 0 Å². The number of nitrogens with one attached hydrogen (secondary N) is 1. The first-order chi connectivity index (χ1) is 16.5. The van der Waals surface area contributed by atoms with Crippen LogP contribution in [0.1, 0.15) is 59.0 Å². The van der Waals surface area contributed by atoms with E-state index in [0.29, 0.717) is 23.3 Å². The van der Waals surface area contributed by atoms with Crippen LogP contribution in [0, 0.1) is 0 Å². The molecule has 0 saturated carbocycles. The molecule has 2 amide bonds. The lowest BCUT2D eigenvalue weighted by Gasteiger charge is -2.15. The summed E-state index contributed by atoms with van der Waals surface area (Å²) in [6, 6.07) is 13.4. The van der Waals surface area contributed by atoms with Gasteiger partial charge >= 0.3 is 0 Å². The van der Waals surface area contributed by atoms with Gasteiger partial charge in [-0.25, -0.2) is 9.67 Å². The van der Waals surface area contributed by atoms with Crippen LogP contribution in [-0.2, 0) is 6.54 Å². The minimum atomic E-state index is -0.175. The van der Waals surface area contributed by atoms with Crippen molar-refractivity contribution in [1.29, 1.82) is 0 Å². The summed E-state index contributed by atoms with van der Waals surface area (Å²) in [5, 5.41) is 10.2. The van der Waals surface area contributed by atoms with Crippen LogP contribution in [0.4, 0.5) is 0 Å². The molecule has 1 saturated heterocycles. The molecule has 8 heteroatoms. The second kappa shape index (κ2) is 9.38. The number of likely N-dealkylation sites (tertiary alicyclic amines) is 1. The molecule has 1 N–H and O–H groups in total. The van der Waals surface area contributed by atoms with Gasteiger partial charge in [0.25, 0.3) is 11.8 Å². The fourth-order valence-corrected chi connectivity index (χ4v) is 4.97. The Morgan fingerprint density at radius 3 is 2.56 bits per heavy atom. The summed E-state index contributed by atoms with van der Waals surface area (Å²) in [7, 11) is 0. The van der Waals surface area contributed by atoms with Gasteiger partial charge in [-0.1, -0.05) is 18.2 Å². The lowest BCUT2D eigenvalue weighted by molar-refractivity contribution is 0.0792. The fourth-order valence-electron chi connectivity index (χ4n) is 4.28. The van der Waals surface area contributed by atoms with E-state index in [1.165, 1.54) is 0 Å². The number of aromatic nitrogens is 3. The maximum Gasteiger partial charge on any atom is 0.253 e. The average molecular weight is 474 g/mol. The Balaban J connectivity index is 1.36. The van der Waals surface area contributed by atoms with Crippen molar-refractivity contribution in [3.63, 3.8) is 0 Å². The predicted molar refractivity (Wildman–Crippen MR) is 134 cm³/mol. The van der Waals surface area contributed by atoms with E-state index in [2.05, 4.69) is 10.4 Å². The number of nitrogens with zero attached hydrogens (tertiary/aromatic N) is 4. The predicted octanol–water partition coefficient (Wildman–Crippen LogP) is 4.91. The Hall–Kier alpha value is -3.52. The summed E-state index contributed by atoms with van der Waals surface area (Å²) in [5.74, 6) is -0.0960. The highest BCUT2D eigenvalue weighted by Crippen LogP contribution is 2.29. The number of pyridine rings is 1. The molecule has 1 aliphatic rings. The SMILES string of the molecule is CC(C)n1ncc2c(C(=O)NCc3ccc(C(=O)N4CCCC4)cc3)cc(-c3cccs3)nc21. The first kappa shape index (κ1) is 22.3. The molecule has 7 nitrogen and oxygen atoms in total. The van der Waals surface area contributed by atoms with Gasteiger partial charge in [0.1, 0.15) is 0 Å². The Labute approximate surface area is 202 Å². The van der Waals surface area contributed by atoms with E-state index in [0.717, 1.165) is 47.5 Å². The van der Waals surface area contributed by atoms with E-state index in [-0.39, 0.29) is 17.9 Å². The van der Waals surface area contributed by atoms with Gasteiger partial charge in [-0.3, -0.25) is 9.59 Å². The third-order valence-corrected chi connectivity index (χ3v) is 7.01. The fraction of sp³-hybridized carbons (Fsp3) is 0.308. The van der Waals surface area contributed by atoms with E-state index in [9.17, 15) is 9.59 Å². The van der Waals surface area contributed by atoms with Crippen molar-refractivity contribution in [3.8, 4) is 10.6 Å². The number of hydrogen-bond acceptors (Lipinski definition) is 5. The van der Waals surface area contributed by atoms with Crippen LogP contribution in [0.15, 0.2) is 54.0 Å². The summed E-state index contributed by atoms with van der Waals surface area (Å²) in [4.78, 5) is 33.5. The molecule has 1 aromatic carbocycles. The molecular weight excluding hydrogens is 446 g/mol. The smallest absolute Gasteiger partial charge is 0.253 e. The van der Waals surface area contributed by atoms with Crippen molar-refractivity contribution in [2.45, 2.75) is 39.3 Å². The van der Waals surface area contributed by atoms with E-state index < -0.39 is 0 Å². The Morgan fingerprint density at radius 1 is 1.12 bits per heavy atom. The van der Waals surface area contributed by atoms with Crippen LogP contribution < -0.4 is 5.32 Å². The molecule has 174 valence electrons. The van der Waals surface area contributed by atoms with Gasteiger partial charge in [-0.15, -0.1) is 11.3 Å². The molecule has 4 heterocycles. The van der Waals surface area contributed by atoms with E-state index >= 15 is 0 Å². The first-order valence-electron chi connectivity index (χ1n) is 11.6. The van der Waals surface area contributed by atoms with E-state index in [1.807, 2.05) is 71.3 Å². The van der Waals surface area contributed by atoms with E-state index in [1.54, 1.807) is 17.5 Å². The molecule has 1 aliphatic heterocycles. The van der Waals surface area contributed by atoms with E-state index in [4.69, 9.17) is 4.98 Å². The van der Waals surface area contributed by atoms with Crippen molar-refractivity contribution < 1.29 is 9.59 Å². The summed E-state index contributed by atoms with van der Waals surface area (Å²) >= 11 is 1.59. The Bertz CT molecular complexity index is 1320. The minimum absolute atomic E-state index is 0.0792. The van der Waals surface area contributed by atoms with Gasteiger partial charge < -0.3 is 10.2 Å². The highest BCUT2D eigenvalue weighted by atomic mass is 32.1. The number of amides is 2. The van der Waals surface area contributed by atoms with Gasteiger partial charge in [0.2, 0.25) is 0 Å². The monoisotopic (exact) mass is 473 g/mol. The van der Waals surface area contributed by atoms with Crippen LogP contribution in [0.3, 0.4) is 0 Å². The van der Waals surface area contributed by atoms with Crippen molar-refractivity contribution in [1.82, 2.24) is 25.0 Å². The van der Waals surface area contributed by atoms with Crippen LogP contribution >= 0.6 is 11.3 Å². The normalized spacial score (nSPS) is 13.7. The number of carbonyl (C=O) groups excluding carboxylic acids is 2. The average Bonchev–Trinajstić information content (AvgIpc) is 3.62.